The van der Waals surface area contributed by atoms with E-state index in [-0.39, 0.29) is 29.3 Å². The number of benzene rings is 2. The maximum Gasteiger partial charge on any atom is 0.548 e. The van der Waals surface area contributed by atoms with E-state index < -0.39 is 59.2 Å². The van der Waals surface area contributed by atoms with Gasteiger partial charge in [0.25, 0.3) is 0 Å². The zero-order valence-corrected chi connectivity index (χ0v) is 25.4. The molecule has 0 amide bonds. The lowest BCUT2D eigenvalue weighted by molar-refractivity contribution is -0.556. The number of oxime groups is 1. The molecule has 15 heteroatoms. The Morgan fingerprint density at radius 1 is 0.978 bits per heavy atom. The van der Waals surface area contributed by atoms with Crippen LogP contribution < -0.4 is 4.74 Å². The van der Waals surface area contributed by atoms with Crippen molar-refractivity contribution >= 4 is 17.4 Å². The van der Waals surface area contributed by atoms with Crippen LogP contribution in [0, 0.1) is 5.41 Å². The number of methoxy groups -OCH3 is 1. The first-order valence-corrected chi connectivity index (χ1v) is 14.0. The SMILES string of the molecule is CO/N=C(/c1ccc(OC)c(C2=C(C[N+]3=C(O)O[C@H](c4cc(C(F)(F)F)cc(C(F)(F)F)c4)[C@@H]3C)CC(C)(C)CC2)c1)C(F)(F)F. The van der Waals surface area contributed by atoms with Crippen molar-refractivity contribution < 1.29 is 63.5 Å². The summed E-state index contributed by atoms with van der Waals surface area (Å²) in [4.78, 5) is 4.43. The molecule has 2 aromatic rings. The highest BCUT2D eigenvalue weighted by molar-refractivity contribution is 6.05. The molecule has 2 aliphatic rings. The molecule has 0 saturated carbocycles. The molecule has 2 aromatic carbocycles. The average molecular weight is 668 g/mol. The van der Waals surface area contributed by atoms with Gasteiger partial charge in [0.05, 0.1) is 18.2 Å². The lowest BCUT2D eigenvalue weighted by Crippen LogP contribution is -2.30. The van der Waals surface area contributed by atoms with Crippen LogP contribution in [-0.2, 0) is 21.9 Å². The highest BCUT2D eigenvalue weighted by atomic mass is 19.4. The monoisotopic (exact) mass is 667 g/mol. The summed E-state index contributed by atoms with van der Waals surface area (Å²) in [5, 5.41) is 14.0. The number of ether oxygens (including phenoxy) is 2. The fourth-order valence-electron chi connectivity index (χ4n) is 5.86. The van der Waals surface area contributed by atoms with Crippen molar-refractivity contribution in [1.82, 2.24) is 0 Å². The van der Waals surface area contributed by atoms with Gasteiger partial charge in [-0.25, -0.2) is 0 Å². The number of aliphatic hydroxyl groups excluding tert-OH is 1. The van der Waals surface area contributed by atoms with Crippen molar-refractivity contribution in [3.63, 3.8) is 0 Å². The molecule has 0 unspecified atom stereocenters. The van der Waals surface area contributed by atoms with Gasteiger partial charge in [0.2, 0.25) is 0 Å². The van der Waals surface area contributed by atoms with Crippen LogP contribution in [0.5, 0.6) is 5.75 Å². The largest absolute Gasteiger partial charge is 0.548 e. The summed E-state index contributed by atoms with van der Waals surface area (Å²) in [6.45, 7) is 5.34. The number of hydrogen-bond donors (Lipinski definition) is 1. The zero-order valence-electron chi connectivity index (χ0n) is 25.4. The standard InChI is InChI=1S/C31H31F9N2O4/c1-16-25(18-10-20(29(32,33)34)13-21(11-18)30(35,36)37)46-27(43)42(16)15-19-14-28(2,3)9-8-22(19)23-12-17(6-7-24(23)44-4)26(41-45-5)31(38,39)40/h6-7,10-13,16,25H,8-9,14-15H2,1-5H3/p+1/b41-26-/t16-,25-/m0/s1. The van der Waals surface area contributed by atoms with Crippen molar-refractivity contribution in [3.8, 4) is 5.75 Å². The van der Waals surface area contributed by atoms with Gasteiger partial charge >= 0.3 is 24.6 Å². The summed E-state index contributed by atoms with van der Waals surface area (Å²) >= 11 is 0. The van der Waals surface area contributed by atoms with E-state index >= 15 is 0 Å². The van der Waals surface area contributed by atoms with Crippen molar-refractivity contribution in [3.05, 3.63) is 69.8 Å². The minimum Gasteiger partial charge on any atom is -0.496 e. The van der Waals surface area contributed by atoms with Gasteiger partial charge in [-0.05, 0) is 72.2 Å². The lowest BCUT2D eigenvalue weighted by atomic mass is 9.72. The number of allylic oxidation sites excluding steroid dienone is 1. The molecule has 252 valence electrons. The first-order chi connectivity index (χ1) is 21.2. The third-order valence-electron chi connectivity index (χ3n) is 8.13. The van der Waals surface area contributed by atoms with Crippen LogP contribution in [0.3, 0.4) is 0 Å². The molecular formula is C31H32F9N2O4+. The van der Waals surface area contributed by atoms with Gasteiger partial charge < -0.3 is 19.4 Å². The third-order valence-corrected chi connectivity index (χ3v) is 8.13. The van der Waals surface area contributed by atoms with Gasteiger partial charge in [-0.3, -0.25) is 0 Å². The van der Waals surface area contributed by atoms with Gasteiger partial charge in [0, 0.05) is 23.6 Å². The Labute approximate surface area is 258 Å². The minimum atomic E-state index is -5.08. The van der Waals surface area contributed by atoms with Gasteiger partial charge in [0.1, 0.15) is 12.9 Å². The topological polar surface area (TPSA) is 63.3 Å². The molecule has 1 aliphatic heterocycles. The number of rotatable bonds is 7. The van der Waals surface area contributed by atoms with Gasteiger partial charge in [-0.2, -0.15) is 44.1 Å². The average Bonchev–Trinajstić information content (AvgIpc) is 3.22. The summed E-state index contributed by atoms with van der Waals surface area (Å²) < 4.78 is 135. The quantitative estimate of drug-likeness (QED) is 0.139. The molecule has 1 N–H and O–H groups in total. The first-order valence-electron chi connectivity index (χ1n) is 14.0. The molecule has 2 atom stereocenters. The van der Waals surface area contributed by atoms with Crippen LogP contribution in [-0.4, -0.2) is 54.5 Å². The Morgan fingerprint density at radius 2 is 1.59 bits per heavy atom. The Bertz CT molecular complexity index is 1540. The van der Waals surface area contributed by atoms with E-state index in [0.717, 1.165) is 7.11 Å². The fraction of sp³-hybridized carbons (Fsp3) is 0.484. The molecule has 0 spiro atoms. The molecular weight excluding hydrogens is 635 g/mol. The van der Waals surface area contributed by atoms with Crippen molar-refractivity contribution in [1.29, 1.82) is 0 Å². The second kappa shape index (κ2) is 12.4. The van der Waals surface area contributed by atoms with E-state index in [2.05, 4.69) is 9.99 Å². The second-order valence-electron chi connectivity index (χ2n) is 12.0. The number of nitrogens with zero attached hydrogens (tertiary/aromatic N) is 2. The van der Waals surface area contributed by atoms with Crippen LogP contribution in [0.4, 0.5) is 39.5 Å². The Kier molecular flexibility index (Phi) is 9.39. The fourth-order valence-corrected chi connectivity index (χ4v) is 5.86. The van der Waals surface area contributed by atoms with E-state index in [1.807, 2.05) is 13.8 Å². The smallest absolute Gasteiger partial charge is 0.496 e. The van der Waals surface area contributed by atoms with Gasteiger partial charge in [-0.1, -0.05) is 19.0 Å². The van der Waals surface area contributed by atoms with Gasteiger partial charge in [-0.15, -0.1) is 0 Å². The lowest BCUT2D eigenvalue weighted by Gasteiger charge is -2.33. The maximum absolute atomic E-state index is 13.8. The molecule has 0 radical (unpaired) electrons. The van der Waals surface area contributed by atoms with Crippen LogP contribution in [0.2, 0.25) is 0 Å². The maximum atomic E-state index is 13.8. The van der Waals surface area contributed by atoms with Crippen molar-refractivity contribution in [2.24, 2.45) is 10.6 Å². The Balaban J connectivity index is 1.79. The predicted molar refractivity (Wildman–Crippen MR) is 150 cm³/mol. The molecule has 1 aliphatic carbocycles. The number of halogens is 9. The molecule has 0 fully saturated rings. The number of hydrogen-bond acceptors (Lipinski definition) is 4. The summed E-state index contributed by atoms with van der Waals surface area (Å²) in [6.07, 6.45) is -15.7. The minimum absolute atomic E-state index is 0.00864. The van der Waals surface area contributed by atoms with Crippen molar-refractivity contribution in [2.45, 2.75) is 70.7 Å². The summed E-state index contributed by atoms with van der Waals surface area (Å²) in [7, 11) is 2.34. The molecule has 0 bridgehead atoms. The van der Waals surface area contributed by atoms with Crippen LogP contribution >= 0.6 is 0 Å². The Hall–Kier alpha value is -3.91. The summed E-state index contributed by atoms with van der Waals surface area (Å²) in [5.41, 5.74) is -3.74. The molecule has 6 nitrogen and oxygen atoms in total. The Morgan fingerprint density at radius 3 is 2.11 bits per heavy atom. The number of aliphatic hydroxyl groups is 1. The van der Waals surface area contributed by atoms with E-state index in [1.165, 1.54) is 36.8 Å². The first kappa shape index (κ1) is 35.0. The summed E-state index contributed by atoms with van der Waals surface area (Å²) in [6, 6.07) is 3.99. The van der Waals surface area contributed by atoms with E-state index in [4.69, 9.17) is 9.47 Å². The highest BCUT2D eigenvalue weighted by Gasteiger charge is 2.46. The van der Waals surface area contributed by atoms with E-state index in [1.54, 1.807) is 0 Å². The predicted octanol–water partition coefficient (Wildman–Crippen LogP) is 8.70. The van der Waals surface area contributed by atoms with Crippen LogP contribution in [0.1, 0.15) is 74.0 Å². The molecule has 4 rings (SSSR count). The van der Waals surface area contributed by atoms with E-state index in [0.29, 0.717) is 48.1 Å². The van der Waals surface area contributed by atoms with E-state index in [9.17, 15) is 44.6 Å². The third kappa shape index (κ3) is 7.38. The number of alkyl halides is 9. The molecule has 0 saturated heterocycles. The molecule has 1 heterocycles. The normalized spacial score (nSPS) is 21.0. The van der Waals surface area contributed by atoms with Crippen LogP contribution in [0.25, 0.3) is 5.57 Å². The van der Waals surface area contributed by atoms with Crippen molar-refractivity contribution in [2.75, 3.05) is 20.8 Å². The molecule has 46 heavy (non-hydrogen) atoms. The zero-order chi connectivity index (χ0) is 34.4. The molecule has 0 aromatic heterocycles. The highest BCUT2D eigenvalue weighted by Crippen LogP contribution is 2.46. The van der Waals surface area contributed by atoms with Gasteiger partial charge in [0.15, 0.2) is 24.4 Å². The second-order valence-corrected chi connectivity index (χ2v) is 12.0. The summed E-state index contributed by atoms with van der Waals surface area (Å²) in [5.74, 6) is 0.260. The van der Waals surface area contributed by atoms with Crippen LogP contribution in [0.15, 0.2) is 47.1 Å².